The molecular formula is C17H28F3N3O4Si. The van der Waals surface area contributed by atoms with Gasteiger partial charge in [-0.15, -0.1) is 0 Å². The maximum atomic E-state index is 12.8. The van der Waals surface area contributed by atoms with Crippen molar-refractivity contribution in [2.45, 2.75) is 64.5 Å². The highest BCUT2D eigenvalue weighted by Gasteiger charge is 2.43. The van der Waals surface area contributed by atoms with Crippen molar-refractivity contribution in [2.24, 2.45) is 0 Å². The topological polar surface area (TPSA) is 84.7 Å². The van der Waals surface area contributed by atoms with E-state index in [-0.39, 0.29) is 17.2 Å². The Morgan fingerprint density at radius 3 is 2.36 bits per heavy atom. The summed E-state index contributed by atoms with van der Waals surface area (Å²) in [4.78, 5) is 34.3. The van der Waals surface area contributed by atoms with Gasteiger partial charge < -0.3 is 9.53 Å². The molecule has 1 rings (SSSR count). The normalized spacial score (nSPS) is 12.8. The summed E-state index contributed by atoms with van der Waals surface area (Å²) in [6.45, 7) is 9.53. The number of nitrogens with zero attached hydrogens (tertiary/aromatic N) is 3. The number of alkyl halides is 3. The van der Waals surface area contributed by atoms with Gasteiger partial charge in [0.2, 0.25) is 0 Å². The van der Waals surface area contributed by atoms with Crippen LogP contribution in [0.15, 0.2) is 6.20 Å². The van der Waals surface area contributed by atoms with Gasteiger partial charge in [0.25, 0.3) is 0 Å². The van der Waals surface area contributed by atoms with Crippen LogP contribution in [0, 0.1) is 0 Å². The highest BCUT2D eigenvalue weighted by Crippen LogP contribution is 2.39. The lowest BCUT2D eigenvalue weighted by Crippen LogP contribution is -2.39. The molecule has 1 aromatic heterocycles. The number of aryl methyl sites for hydroxylation is 1. The van der Waals surface area contributed by atoms with Gasteiger partial charge in [0.1, 0.15) is 5.56 Å². The number of hydrogen-bond donors (Lipinski definition) is 1. The summed E-state index contributed by atoms with van der Waals surface area (Å²) >= 11 is 0. The van der Waals surface area contributed by atoms with Crippen LogP contribution in [0.2, 0.25) is 18.1 Å². The first-order chi connectivity index (χ1) is 12.6. The molecule has 0 bridgehead atoms. The van der Waals surface area contributed by atoms with Gasteiger partial charge in [0.15, 0.2) is 14.1 Å². The van der Waals surface area contributed by atoms with Crippen molar-refractivity contribution < 1.29 is 32.3 Å². The van der Waals surface area contributed by atoms with Crippen LogP contribution in [-0.4, -0.2) is 54.6 Å². The number of aromatic nitrogens is 2. The molecule has 28 heavy (non-hydrogen) atoms. The number of carbonyl (C=O) groups is 2. The molecule has 1 N–H and O–H groups in total. The summed E-state index contributed by atoms with van der Waals surface area (Å²) < 4.78 is 44.5. The third kappa shape index (κ3) is 5.81. The summed E-state index contributed by atoms with van der Waals surface area (Å²) in [5, 5.41) is 3.73. The second-order valence-corrected chi connectivity index (χ2v) is 12.2. The lowest BCUT2D eigenvalue weighted by Gasteiger charge is -2.35. The smallest absolute Gasteiger partial charge is 0.462 e. The quantitative estimate of drug-likeness (QED) is 0.512. The van der Waals surface area contributed by atoms with Crippen LogP contribution >= 0.6 is 0 Å². The zero-order chi connectivity index (χ0) is 21.9. The molecule has 0 fully saturated rings. The van der Waals surface area contributed by atoms with Gasteiger partial charge in [-0.1, -0.05) is 13.8 Å². The van der Waals surface area contributed by atoms with Gasteiger partial charge in [-0.2, -0.15) is 18.3 Å². The highest BCUT2D eigenvalue weighted by atomic mass is 28.4. The lowest BCUT2D eigenvalue weighted by molar-refractivity contribution is -0.170. The number of amides is 1. The fourth-order valence-corrected chi connectivity index (χ4v) is 3.19. The molecule has 0 saturated heterocycles. The Morgan fingerprint density at radius 1 is 1.32 bits per heavy atom. The summed E-state index contributed by atoms with van der Waals surface area (Å²) in [5.41, 5.74) is -0.210. The minimum absolute atomic E-state index is 0.0325. The first-order valence-corrected chi connectivity index (χ1v) is 11.9. The van der Waals surface area contributed by atoms with E-state index in [1.807, 2.05) is 26.9 Å². The number of esters is 1. The number of anilines is 1. The van der Waals surface area contributed by atoms with Gasteiger partial charge in [-0.3, -0.25) is 14.4 Å². The van der Waals surface area contributed by atoms with Crippen LogP contribution in [0.1, 0.15) is 44.0 Å². The number of ether oxygens (including phenoxy) is 1. The van der Waals surface area contributed by atoms with Gasteiger partial charge in [0.05, 0.1) is 6.61 Å². The lowest BCUT2D eigenvalue weighted by atomic mass is 10.1. The van der Waals surface area contributed by atoms with Crippen molar-refractivity contribution in [3.8, 4) is 0 Å². The molecule has 0 saturated carbocycles. The van der Waals surface area contributed by atoms with Crippen molar-refractivity contribution in [3.05, 3.63) is 11.8 Å². The third-order valence-electron chi connectivity index (χ3n) is 4.95. The number of hydrogen-bond acceptors (Lipinski definition) is 5. The van der Waals surface area contributed by atoms with E-state index in [0.29, 0.717) is 24.3 Å². The third-order valence-corrected chi connectivity index (χ3v) is 8.51. The Morgan fingerprint density at radius 2 is 1.89 bits per heavy atom. The molecule has 11 heteroatoms. The number of carbonyl (C=O) groups excluding carboxylic acids is 2. The average molecular weight is 424 g/mol. The zero-order valence-electron chi connectivity index (χ0n) is 17.1. The molecule has 1 amide bonds. The molecule has 0 atom stereocenters. The zero-order valence-corrected chi connectivity index (χ0v) is 18.1. The van der Waals surface area contributed by atoms with E-state index in [0.717, 1.165) is 7.05 Å². The fourth-order valence-electron chi connectivity index (χ4n) is 2.40. The van der Waals surface area contributed by atoms with Crippen molar-refractivity contribution >= 4 is 26.0 Å². The summed E-state index contributed by atoms with van der Waals surface area (Å²) in [6, 6.07) is 0. The molecule has 1 heterocycles. The average Bonchev–Trinajstić information content (AvgIpc) is 2.95. The summed E-state index contributed by atoms with van der Waals surface area (Å²) in [6.07, 6.45) is -2.55. The molecule has 0 spiro atoms. The number of rotatable bonds is 8. The molecule has 0 radical (unpaired) electrons. The van der Waals surface area contributed by atoms with E-state index in [1.54, 1.807) is 6.92 Å². The van der Waals surface area contributed by atoms with E-state index in [1.165, 1.54) is 10.9 Å². The van der Waals surface area contributed by atoms with Crippen LogP contribution in [0.4, 0.5) is 19.0 Å². The molecule has 160 valence electrons. The minimum atomic E-state index is -5.09. The Kier molecular flexibility index (Phi) is 7.45. The Hall–Kier alpha value is -1.88. The first kappa shape index (κ1) is 24.2. The van der Waals surface area contributed by atoms with Gasteiger partial charge >= 0.3 is 18.1 Å². The van der Waals surface area contributed by atoms with Crippen molar-refractivity contribution in [1.29, 1.82) is 0 Å². The van der Waals surface area contributed by atoms with Gasteiger partial charge in [-0.05, 0) is 37.9 Å². The SMILES string of the molecule is CCOC(=O)c1cn(CCCC(C)(C)[Si](C)(C)O)nc1N(C)C(=O)C(F)(F)F. The second-order valence-electron chi connectivity index (χ2n) is 7.76. The fraction of sp³-hybridized carbons (Fsp3) is 0.706. The molecule has 7 nitrogen and oxygen atoms in total. The van der Waals surface area contributed by atoms with E-state index in [4.69, 9.17) is 4.74 Å². The van der Waals surface area contributed by atoms with Crippen LogP contribution < -0.4 is 4.90 Å². The molecular weight excluding hydrogens is 395 g/mol. The monoisotopic (exact) mass is 423 g/mol. The van der Waals surface area contributed by atoms with Crippen LogP contribution in [0.5, 0.6) is 0 Å². The van der Waals surface area contributed by atoms with Crippen LogP contribution in [-0.2, 0) is 16.1 Å². The second kappa shape index (κ2) is 8.64. The Balaban J connectivity index is 3.07. The van der Waals surface area contributed by atoms with Crippen molar-refractivity contribution in [2.75, 3.05) is 18.6 Å². The van der Waals surface area contributed by atoms with Gasteiger partial charge in [0, 0.05) is 19.8 Å². The molecule has 1 aromatic rings. The number of halogens is 3. The molecule has 0 unspecified atom stereocenters. The van der Waals surface area contributed by atoms with E-state index in [9.17, 15) is 27.6 Å². The molecule has 0 aliphatic rings. The van der Waals surface area contributed by atoms with Gasteiger partial charge in [-0.25, -0.2) is 4.79 Å². The minimum Gasteiger partial charge on any atom is -0.462 e. The van der Waals surface area contributed by atoms with E-state index >= 15 is 0 Å². The maximum absolute atomic E-state index is 12.8. The maximum Gasteiger partial charge on any atom is 0.471 e. The standard InChI is InChI=1S/C17H28F3N3O4Si/c1-7-27-14(24)12-11-23(10-8-9-16(2,3)28(5,6)26)21-13(12)22(4)15(25)17(18,19)20/h11,26H,7-10H2,1-6H3. The predicted octanol–water partition coefficient (Wildman–Crippen LogP) is 3.34. The van der Waals surface area contributed by atoms with Crippen molar-refractivity contribution in [1.82, 2.24) is 9.78 Å². The van der Waals surface area contributed by atoms with Crippen LogP contribution in [0.3, 0.4) is 0 Å². The van der Waals surface area contributed by atoms with E-state index < -0.39 is 32.2 Å². The summed E-state index contributed by atoms with van der Waals surface area (Å²) in [7, 11) is -1.48. The van der Waals surface area contributed by atoms with Crippen molar-refractivity contribution in [3.63, 3.8) is 0 Å². The Labute approximate surface area is 163 Å². The molecule has 0 aliphatic carbocycles. The van der Waals surface area contributed by atoms with E-state index in [2.05, 4.69) is 5.10 Å². The largest absolute Gasteiger partial charge is 0.471 e. The summed E-state index contributed by atoms with van der Waals surface area (Å²) in [5.74, 6) is -3.39. The Bertz CT molecular complexity index is 711. The van der Waals surface area contributed by atoms with Crippen LogP contribution in [0.25, 0.3) is 0 Å². The molecule has 0 aromatic carbocycles. The molecule has 0 aliphatic heterocycles. The first-order valence-electron chi connectivity index (χ1n) is 8.93. The highest BCUT2D eigenvalue weighted by molar-refractivity contribution is 6.72. The predicted molar refractivity (Wildman–Crippen MR) is 101 cm³/mol.